The van der Waals surface area contributed by atoms with Gasteiger partial charge in [0.2, 0.25) is 0 Å². The summed E-state index contributed by atoms with van der Waals surface area (Å²) in [5.74, 6) is 0.881. The molecule has 0 saturated carbocycles. The van der Waals surface area contributed by atoms with Crippen LogP contribution in [0.4, 0.5) is 4.79 Å². The Morgan fingerprint density at radius 1 is 1.35 bits per heavy atom. The van der Waals surface area contributed by atoms with Crippen LogP contribution in [0, 0.1) is 13.8 Å². The Labute approximate surface area is 138 Å². The number of hydrogen-bond donors (Lipinski definition) is 2. The van der Waals surface area contributed by atoms with Gasteiger partial charge < -0.3 is 25.0 Å². The maximum atomic E-state index is 12.1. The zero-order chi connectivity index (χ0) is 17.0. The average molecular weight is 321 g/mol. The van der Waals surface area contributed by atoms with Crippen molar-refractivity contribution >= 4 is 6.03 Å². The van der Waals surface area contributed by atoms with Crippen molar-refractivity contribution in [2.75, 3.05) is 40.3 Å². The van der Waals surface area contributed by atoms with Crippen LogP contribution in [0.25, 0.3) is 0 Å². The second kappa shape index (κ2) is 7.66. The van der Waals surface area contributed by atoms with Gasteiger partial charge in [0.05, 0.1) is 18.7 Å². The lowest BCUT2D eigenvalue weighted by Gasteiger charge is -2.21. The van der Waals surface area contributed by atoms with E-state index in [0.29, 0.717) is 26.2 Å². The SMILES string of the molecule is Cc1cccc(C)c1OCCNC(=O)N1C[C@H](O)[C@@H](N(C)C)C1. The van der Waals surface area contributed by atoms with Crippen molar-refractivity contribution in [2.45, 2.75) is 26.0 Å². The second-order valence-electron chi connectivity index (χ2n) is 6.30. The fourth-order valence-electron chi connectivity index (χ4n) is 2.89. The van der Waals surface area contributed by atoms with Gasteiger partial charge in [-0.05, 0) is 39.1 Å². The molecule has 0 aromatic heterocycles. The van der Waals surface area contributed by atoms with E-state index < -0.39 is 6.10 Å². The summed E-state index contributed by atoms with van der Waals surface area (Å²) >= 11 is 0. The first-order chi connectivity index (χ1) is 10.9. The van der Waals surface area contributed by atoms with Gasteiger partial charge in [-0.2, -0.15) is 0 Å². The van der Waals surface area contributed by atoms with E-state index in [2.05, 4.69) is 5.32 Å². The van der Waals surface area contributed by atoms with Gasteiger partial charge in [-0.25, -0.2) is 4.79 Å². The molecule has 0 aliphatic carbocycles. The van der Waals surface area contributed by atoms with Crippen LogP contribution in [0.5, 0.6) is 5.75 Å². The van der Waals surface area contributed by atoms with Crippen LogP contribution < -0.4 is 10.1 Å². The number of rotatable bonds is 5. The summed E-state index contributed by atoms with van der Waals surface area (Å²) in [6, 6.07) is 5.85. The number of carbonyl (C=O) groups is 1. The van der Waals surface area contributed by atoms with Crippen molar-refractivity contribution in [2.24, 2.45) is 0 Å². The number of nitrogens with zero attached hydrogens (tertiary/aromatic N) is 2. The van der Waals surface area contributed by atoms with E-state index in [4.69, 9.17) is 4.74 Å². The highest BCUT2D eigenvalue weighted by molar-refractivity contribution is 5.74. The fourth-order valence-corrected chi connectivity index (χ4v) is 2.89. The molecule has 2 atom stereocenters. The molecule has 1 aromatic carbocycles. The van der Waals surface area contributed by atoms with Crippen molar-refractivity contribution in [1.29, 1.82) is 0 Å². The van der Waals surface area contributed by atoms with Crippen LogP contribution in [0.3, 0.4) is 0 Å². The molecule has 1 aliphatic heterocycles. The summed E-state index contributed by atoms with van der Waals surface area (Å²) in [7, 11) is 3.82. The van der Waals surface area contributed by atoms with Crippen molar-refractivity contribution in [3.8, 4) is 5.75 Å². The molecule has 2 amide bonds. The molecule has 23 heavy (non-hydrogen) atoms. The van der Waals surface area contributed by atoms with E-state index in [1.165, 1.54) is 0 Å². The highest BCUT2D eigenvalue weighted by Gasteiger charge is 2.35. The number of β-amino-alcohol motifs (C(OH)–C–C–N with tert-alkyl or cyclic N) is 1. The highest BCUT2D eigenvalue weighted by Crippen LogP contribution is 2.22. The van der Waals surface area contributed by atoms with Gasteiger partial charge in [-0.15, -0.1) is 0 Å². The van der Waals surface area contributed by atoms with Crippen molar-refractivity contribution in [3.63, 3.8) is 0 Å². The maximum absolute atomic E-state index is 12.1. The number of ether oxygens (including phenoxy) is 1. The summed E-state index contributed by atoms with van der Waals surface area (Å²) in [6.07, 6.45) is -0.499. The highest BCUT2D eigenvalue weighted by atomic mass is 16.5. The Morgan fingerprint density at radius 3 is 2.57 bits per heavy atom. The first-order valence-electron chi connectivity index (χ1n) is 7.96. The van der Waals surface area contributed by atoms with Gasteiger partial charge in [0.15, 0.2) is 0 Å². The number of hydrogen-bond acceptors (Lipinski definition) is 4. The van der Waals surface area contributed by atoms with E-state index in [0.717, 1.165) is 16.9 Å². The number of benzene rings is 1. The number of urea groups is 1. The monoisotopic (exact) mass is 321 g/mol. The molecule has 0 bridgehead atoms. The molecule has 6 nitrogen and oxygen atoms in total. The third kappa shape index (κ3) is 4.36. The number of aliphatic hydroxyl groups is 1. The molecule has 1 saturated heterocycles. The quantitative estimate of drug-likeness (QED) is 0.794. The van der Waals surface area contributed by atoms with E-state index in [9.17, 15) is 9.90 Å². The van der Waals surface area contributed by atoms with E-state index in [1.807, 2.05) is 51.0 Å². The molecular formula is C17H27N3O3. The number of aryl methyl sites for hydroxylation is 2. The van der Waals surface area contributed by atoms with Gasteiger partial charge in [0.1, 0.15) is 12.4 Å². The molecule has 1 fully saturated rings. The molecule has 6 heteroatoms. The Kier molecular flexibility index (Phi) is 5.85. The lowest BCUT2D eigenvalue weighted by molar-refractivity contribution is 0.113. The topological polar surface area (TPSA) is 65.0 Å². The van der Waals surface area contributed by atoms with Crippen molar-refractivity contribution < 1.29 is 14.6 Å². The van der Waals surface area contributed by atoms with Gasteiger partial charge in [-0.1, -0.05) is 18.2 Å². The minimum absolute atomic E-state index is 0.00776. The van der Waals surface area contributed by atoms with Gasteiger partial charge in [0, 0.05) is 13.1 Å². The molecule has 2 N–H and O–H groups in total. The Hall–Kier alpha value is -1.79. The molecule has 2 rings (SSSR count). The number of para-hydroxylation sites is 1. The molecule has 0 unspecified atom stereocenters. The Bertz CT molecular complexity index is 528. The smallest absolute Gasteiger partial charge is 0.317 e. The fraction of sp³-hybridized carbons (Fsp3) is 0.588. The van der Waals surface area contributed by atoms with E-state index in [-0.39, 0.29) is 12.1 Å². The minimum Gasteiger partial charge on any atom is -0.491 e. The molecule has 128 valence electrons. The van der Waals surface area contributed by atoms with Crippen LogP contribution in [0.1, 0.15) is 11.1 Å². The number of aliphatic hydroxyl groups excluding tert-OH is 1. The third-order valence-electron chi connectivity index (χ3n) is 4.24. The summed E-state index contributed by atoms with van der Waals surface area (Å²) in [5, 5.41) is 12.8. The van der Waals surface area contributed by atoms with Crippen molar-refractivity contribution in [1.82, 2.24) is 15.1 Å². The molecule has 0 radical (unpaired) electrons. The van der Waals surface area contributed by atoms with Gasteiger partial charge >= 0.3 is 6.03 Å². The number of amides is 2. The lowest BCUT2D eigenvalue weighted by Crippen LogP contribution is -2.42. The molecule has 1 aromatic rings. The molecule has 1 aliphatic rings. The van der Waals surface area contributed by atoms with Crippen LogP contribution in [0.15, 0.2) is 18.2 Å². The lowest BCUT2D eigenvalue weighted by atomic mass is 10.1. The number of likely N-dealkylation sites (N-methyl/N-ethyl adjacent to an activating group) is 1. The number of likely N-dealkylation sites (tertiary alicyclic amines) is 1. The first kappa shape index (κ1) is 17.6. The van der Waals surface area contributed by atoms with Crippen LogP contribution in [-0.2, 0) is 0 Å². The Morgan fingerprint density at radius 2 is 2.00 bits per heavy atom. The molecular weight excluding hydrogens is 294 g/mol. The second-order valence-corrected chi connectivity index (χ2v) is 6.30. The molecule has 1 heterocycles. The first-order valence-corrected chi connectivity index (χ1v) is 7.96. The predicted molar refractivity (Wildman–Crippen MR) is 89.9 cm³/mol. The molecule has 0 spiro atoms. The zero-order valence-corrected chi connectivity index (χ0v) is 14.4. The summed E-state index contributed by atoms with van der Waals surface area (Å²) in [5.41, 5.74) is 2.18. The number of carbonyl (C=O) groups excluding carboxylic acids is 1. The number of nitrogens with one attached hydrogen (secondary N) is 1. The van der Waals surface area contributed by atoms with Crippen LogP contribution >= 0.6 is 0 Å². The largest absolute Gasteiger partial charge is 0.491 e. The van der Waals surface area contributed by atoms with Gasteiger partial charge in [-0.3, -0.25) is 0 Å². The van der Waals surface area contributed by atoms with Crippen LogP contribution in [0.2, 0.25) is 0 Å². The summed E-state index contributed by atoms with van der Waals surface area (Å²) in [6.45, 7) is 5.78. The van der Waals surface area contributed by atoms with Crippen molar-refractivity contribution in [3.05, 3.63) is 29.3 Å². The normalized spacial score (nSPS) is 20.9. The standard InChI is InChI=1S/C17H27N3O3/c1-12-6-5-7-13(2)16(12)23-9-8-18-17(22)20-10-14(19(3)4)15(21)11-20/h5-7,14-15,21H,8-11H2,1-4H3,(H,18,22)/t14-,15-/m0/s1. The zero-order valence-electron chi connectivity index (χ0n) is 14.4. The maximum Gasteiger partial charge on any atom is 0.317 e. The summed E-state index contributed by atoms with van der Waals surface area (Å²) in [4.78, 5) is 15.7. The Balaban J connectivity index is 1.76. The van der Waals surface area contributed by atoms with E-state index in [1.54, 1.807) is 4.90 Å². The third-order valence-corrected chi connectivity index (χ3v) is 4.24. The average Bonchev–Trinajstić information content (AvgIpc) is 2.88. The minimum atomic E-state index is -0.499. The summed E-state index contributed by atoms with van der Waals surface area (Å²) < 4.78 is 5.77. The predicted octanol–water partition coefficient (Wildman–Crippen LogP) is 0.999. The van der Waals surface area contributed by atoms with Gasteiger partial charge in [0.25, 0.3) is 0 Å². The van der Waals surface area contributed by atoms with Crippen LogP contribution in [-0.4, -0.2) is 73.4 Å². The van der Waals surface area contributed by atoms with E-state index >= 15 is 0 Å².